The molecule has 1 aromatic carbocycles. The number of benzene rings is 1. The Bertz CT molecular complexity index is 548. The van der Waals surface area contributed by atoms with Crippen molar-refractivity contribution < 1.29 is 5.11 Å². The van der Waals surface area contributed by atoms with E-state index in [2.05, 4.69) is 10.3 Å². The summed E-state index contributed by atoms with van der Waals surface area (Å²) in [4.78, 5) is 3.88. The highest BCUT2D eigenvalue weighted by Crippen LogP contribution is 2.14. The molecule has 0 aliphatic rings. The maximum atomic E-state index is 9.97. The van der Waals surface area contributed by atoms with E-state index in [0.29, 0.717) is 12.2 Å². The fourth-order valence-electron chi connectivity index (χ4n) is 1.61. The van der Waals surface area contributed by atoms with Crippen LogP contribution in [-0.4, -0.2) is 16.6 Å². The Morgan fingerprint density at radius 1 is 1.28 bits per heavy atom. The highest BCUT2D eigenvalue weighted by atomic mass is 16.3. The molecule has 2 N–H and O–H groups in total. The number of pyridine rings is 1. The van der Waals surface area contributed by atoms with Crippen molar-refractivity contribution in [2.45, 2.75) is 6.10 Å². The minimum atomic E-state index is -0.579. The maximum absolute atomic E-state index is 9.97. The molecule has 0 aliphatic heterocycles. The molecule has 4 heteroatoms. The van der Waals surface area contributed by atoms with Gasteiger partial charge in [0.2, 0.25) is 0 Å². The highest BCUT2D eigenvalue weighted by Gasteiger charge is 2.06. The van der Waals surface area contributed by atoms with Crippen LogP contribution in [0, 0.1) is 11.3 Å². The average Bonchev–Trinajstić information content (AvgIpc) is 2.46. The first-order chi connectivity index (χ1) is 8.79. The molecule has 18 heavy (non-hydrogen) atoms. The van der Waals surface area contributed by atoms with E-state index >= 15 is 0 Å². The fourth-order valence-corrected chi connectivity index (χ4v) is 1.61. The molecule has 1 unspecified atom stereocenters. The molecule has 1 atom stereocenters. The molecule has 2 rings (SSSR count). The van der Waals surface area contributed by atoms with E-state index in [1.165, 1.54) is 0 Å². The van der Waals surface area contributed by atoms with E-state index in [1.807, 2.05) is 36.4 Å². The number of nitrogens with one attached hydrogen (secondary N) is 1. The molecule has 1 heterocycles. The van der Waals surface area contributed by atoms with Crippen LogP contribution in [0.2, 0.25) is 0 Å². The van der Waals surface area contributed by atoms with Crippen LogP contribution >= 0.6 is 0 Å². The van der Waals surface area contributed by atoms with Crippen molar-refractivity contribution in [1.29, 1.82) is 5.26 Å². The van der Waals surface area contributed by atoms with E-state index in [-0.39, 0.29) is 0 Å². The largest absolute Gasteiger partial charge is 0.387 e. The number of aromatic nitrogens is 1. The van der Waals surface area contributed by atoms with Gasteiger partial charge in [0.25, 0.3) is 0 Å². The van der Waals surface area contributed by atoms with Gasteiger partial charge in [-0.05, 0) is 17.7 Å². The van der Waals surface area contributed by atoms with Gasteiger partial charge in [0.1, 0.15) is 11.8 Å². The van der Waals surface area contributed by atoms with Crippen molar-refractivity contribution in [2.75, 3.05) is 11.9 Å². The Kier molecular flexibility index (Phi) is 3.90. The highest BCUT2D eigenvalue weighted by molar-refractivity contribution is 5.46. The SMILES string of the molecule is N#Cc1cc(NCC(O)c2ccccc2)ccn1. The minimum absolute atomic E-state index is 0.356. The topological polar surface area (TPSA) is 68.9 Å². The van der Waals surface area contributed by atoms with Gasteiger partial charge in [-0.3, -0.25) is 0 Å². The van der Waals surface area contributed by atoms with Gasteiger partial charge in [-0.15, -0.1) is 0 Å². The lowest BCUT2D eigenvalue weighted by Crippen LogP contribution is -2.12. The molecule has 0 radical (unpaired) electrons. The first-order valence-electron chi connectivity index (χ1n) is 5.62. The monoisotopic (exact) mass is 239 g/mol. The smallest absolute Gasteiger partial charge is 0.142 e. The molecular weight excluding hydrogens is 226 g/mol. The summed E-state index contributed by atoms with van der Waals surface area (Å²) in [6.07, 6.45) is 0.986. The van der Waals surface area contributed by atoms with Gasteiger partial charge in [0.05, 0.1) is 6.10 Å². The molecule has 90 valence electrons. The number of aliphatic hydroxyl groups is 1. The summed E-state index contributed by atoms with van der Waals surface area (Å²) >= 11 is 0. The predicted octanol–water partition coefficient (Wildman–Crippen LogP) is 2.10. The fraction of sp³-hybridized carbons (Fsp3) is 0.143. The lowest BCUT2D eigenvalue weighted by molar-refractivity contribution is 0.191. The molecule has 0 bridgehead atoms. The summed E-state index contributed by atoms with van der Waals surface area (Å²) in [5, 5.41) is 21.8. The van der Waals surface area contributed by atoms with Gasteiger partial charge in [-0.1, -0.05) is 30.3 Å². The second kappa shape index (κ2) is 5.80. The predicted molar refractivity (Wildman–Crippen MR) is 68.8 cm³/mol. The molecule has 1 aromatic heterocycles. The van der Waals surface area contributed by atoms with Crippen molar-refractivity contribution in [1.82, 2.24) is 4.98 Å². The first-order valence-corrected chi connectivity index (χ1v) is 5.62. The Labute approximate surface area is 106 Å². The van der Waals surface area contributed by atoms with Gasteiger partial charge < -0.3 is 10.4 Å². The van der Waals surface area contributed by atoms with E-state index in [9.17, 15) is 5.11 Å². The summed E-state index contributed by atoms with van der Waals surface area (Å²) in [6.45, 7) is 0.388. The summed E-state index contributed by atoms with van der Waals surface area (Å²) in [6, 6.07) is 14.8. The summed E-state index contributed by atoms with van der Waals surface area (Å²) in [7, 11) is 0. The zero-order valence-electron chi connectivity index (χ0n) is 9.74. The average molecular weight is 239 g/mol. The Hall–Kier alpha value is -2.38. The number of hydrogen-bond donors (Lipinski definition) is 2. The summed E-state index contributed by atoms with van der Waals surface area (Å²) in [5.41, 5.74) is 1.99. The quantitative estimate of drug-likeness (QED) is 0.857. The second-order valence-electron chi connectivity index (χ2n) is 3.85. The zero-order valence-corrected chi connectivity index (χ0v) is 9.74. The van der Waals surface area contributed by atoms with Crippen LogP contribution in [0.1, 0.15) is 17.4 Å². The van der Waals surface area contributed by atoms with Crippen LogP contribution in [-0.2, 0) is 0 Å². The Morgan fingerprint density at radius 2 is 2.06 bits per heavy atom. The van der Waals surface area contributed by atoms with Crippen molar-refractivity contribution in [3.63, 3.8) is 0 Å². The Morgan fingerprint density at radius 3 is 2.78 bits per heavy atom. The van der Waals surface area contributed by atoms with Crippen molar-refractivity contribution >= 4 is 5.69 Å². The summed E-state index contributed by atoms with van der Waals surface area (Å²) in [5.74, 6) is 0. The van der Waals surface area contributed by atoms with Gasteiger partial charge in [0, 0.05) is 18.4 Å². The number of hydrogen-bond acceptors (Lipinski definition) is 4. The van der Waals surface area contributed by atoms with E-state index in [1.54, 1.807) is 18.3 Å². The molecular formula is C14H13N3O. The molecule has 0 saturated heterocycles. The minimum Gasteiger partial charge on any atom is -0.387 e. The van der Waals surface area contributed by atoms with Crippen molar-refractivity contribution in [2.24, 2.45) is 0 Å². The van der Waals surface area contributed by atoms with Crippen LogP contribution in [0.3, 0.4) is 0 Å². The standard InChI is InChI=1S/C14H13N3O/c15-9-13-8-12(6-7-16-13)17-10-14(18)11-4-2-1-3-5-11/h1-8,14,18H,10H2,(H,16,17). The van der Waals surface area contributed by atoms with E-state index < -0.39 is 6.10 Å². The third kappa shape index (κ3) is 3.06. The number of nitrogens with zero attached hydrogens (tertiary/aromatic N) is 2. The van der Waals surface area contributed by atoms with Crippen LogP contribution in [0.15, 0.2) is 48.7 Å². The molecule has 0 aliphatic carbocycles. The lowest BCUT2D eigenvalue weighted by Gasteiger charge is -2.13. The molecule has 0 saturated carbocycles. The molecule has 0 amide bonds. The number of anilines is 1. The van der Waals surface area contributed by atoms with Gasteiger partial charge in [-0.25, -0.2) is 4.98 Å². The maximum Gasteiger partial charge on any atom is 0.142 e. The number of nitriles is 1. The zero-order chi connectivity index (χ0) is 12.8. The third-order valence-electron chi connectivity index (χ3n) is 2.56. The van der Waals surface area contributed by atoms with E-state index in [4.69, 9.17) is 5.26 Å². The molecule has 0 spiro atoms. The van der Waals surface area contributed by atoms with Crippen LogP contribution < -0.4 is 5.32 Å². The van der Waals surface area contributed by atoms with Gasteiger partial charge in [-0.2, -0.15) is 5.26 Å². The van der Waals surface area contributed by atoms with Crippen molar-refractivity contribution in [3.05, 3.63) is 59.9 Å². The lowest BCUT2D eigenvalue weighted by atomic mass is 10.1. The second-order valence-corrected chi connectivity index (χ2v) is 3.85. The normalized spacial score (nSPS) is 11.6. The molecule has 2 aromatic rings. The van der Waals surface area contributed by atoms with Crippen LogP contribution in [0.5, 0.6) is 0 Å². The van der Waals surface area contributed by atoms with Crippen molar-refractivity contribution in [3.8, 4) is 6.07 Å². The Balaban J connectivity index is 1.97. The van der Waals surface area contributed by atoms with Crippen LogP contribution in [0.4, 0.5) is 5.69 Å². The number of aliphatic hydroxyl groups excluding tert-OH is 1. The van der Waals surface area contributed by atoms with Gasteiger partial charge in [0.15, 0.2) is 0 Å². The van der Waals surface area contributed by atoms with E-state index in [0.717, 1.165) is 11.3 Å². The molecule has 4 nitrogen and oxygen atoms in total. The number of rotatable bonds is 4. The first kappa shape index (κ1) is 12.1. The molecule has 0 fully saturated rings. The van der Waals surface area contributed by atoms with Gasteiger partial charge >= 0.3 is 0 Å². The van der Waals surface area contributed by atoms with Crippen LogP contribution in [0.25, 0.3) is 0 Å². The summed E-state index contributed by atoms with van der Waals surface area (Å²) < 4.78 is 0. The third-order valence-corrected chi connectivity index (χ3v) is 2.56.